The topological polar surface area (TPSA) is 80.3 Å². The molecule has 1 aromatic heterocycles. The normalized spacial score (nSPS) is 9.94. The molecule has 0 radical (unpaired) electrons. The Labute approximate surface area is 94.6 Å². The Balaban J connectivity index is 2.74. The molecule has 1 aromatic rings. The molecule has 90 valence electrons. The molecule has 0 atom stereocenters. The van der Waals surface area contributed by atoms with E-state index in [1.807, 2.05) is 0 Å². The smallest absolute Gasteiger partial charge is 0.226 e. The molecule has 0 spiro atoms. The zero-order chi connectivity index (χ0) is 11.8. The minimum Gasteiger partial charge on any atom is -0.365 e. The fourth-order valence-corrected chi connectivity index (χ4v) is 1.03. The van der Waals surface area contributed by atoms with Gasteiger partial charge in [0.15, 0.2) is 0 Å². The van der Waals surface area contributed by atoms with Crippen molar-refractivity contribution in [3.8, 4) is 0 Å². The average Bonchev–Trinajstić information content (AvgIpc) is 2.33. The van der Waals surface area contributed by atoms with Crippen molar-refractivity contribution in [3.05, 3.63) is 6.07 Å². The first-order chi connectivity index (χ1) is 7.80. The molecule has 0 bridgehead atoms. The maximum atomic E-state index is 4.90. The van der Waals surface area contributed by atoms with Crippen LogP contribution in [0.2, 0.25) is 0 Å². The van der Waals surface area contributed by atoms with Crippen LogP contribution < -0.4 is 16.0 Å². The van der Waals surface area contributed by atoms with Gasteiger partial charge in [0, 0.05) is 27.3 Å². The summed E-state index contributed by atoms with van der Waals surface area (Å²) in [5, 5.41) is 8.86. The number of ether oxygens (including phenoxy) is 2. The summed E-state index contributed by atoms with van der Waals surface area (Å²) in [7, 11) is 4.98. The van der Waals surface area contributed by atoms with E-state index in [-0.39, 0.29) is 0 Å². The summed E-state index contributed by atoms with van der Waals surface area (Å²) in [5.74, 6) is 1.89. The van der Waals surface area contributed by atoms with Gasteiger partial charge in [-0.1, -0.05) is 0 Å². The van der Waals surface area contributed by atoms with Crippen LogP contribution in [0, 0.1) is 0 Å². The van der Waals surface area contributed by atoms with E-state index in [2.05, 4.69) is 25.9 Å². The molecule has 7 heteroatoms. The molecule has 16 heavy (non-hydrogen) atoms. The Morgan fingerprint density at radius 2 is 1.56 bits per heavy atom. The minimum absolute atomic E-state index is 0.393. The lowest BCUT2D eigenvalue weighted by atomic mass is 10.5. The van der Waals surface area contributed by atoms with Gasteiger partial charge in [-0.3, -0.25) is 0 Å². The van der Waals surface area contributed by atoms with E-state index in [4.69, 9.17) is 9.47 Å². The maximum absolute atomic E-state index is 4.90. The quantitative estimate of drug-likeness (QED) is 0.587. The Kier molecular flexibility index (Phi) is 5.30. The van der Waals surface area contributed by atoms with Crippen molar-refractivity contribution in [2.75, 3.05) is 50.7 Å². The standard InChI is InChI=1S/C9H17N5O2/c1-10-9-13-7(11-5-15-2)4-8(14-9)12-6-16-3/h4H,5-6H2,1-3H3,(H3,10,11,12,13,14). The highest BCUT2D eigenvalue weighted by atomic mass is 16.5. The number of nitrogens with zero attached hydrogens (tertiary/aromatic N) is 2. The molecule has 3 N–H and O–H groups in total. The van der Waals surface area contributed by atoms with Crippen LogP contribution in [0.4, 0.5) is 17.6 Å². The summed E-state index contributed by atoms with van der Waals surface area (Å²) in [4.78, 5) is 8.41. The lowest BCUT2D eigenvalue weighted by Gasteiger charge is -2.10. The third-order valence-electron chi connectivity index (χ3n) is 1.75. The van der Waals surface area contributed by atoms with Gasteiger partial charge in [0.1, 0.15) is 25.1 Å². The zero-order valence-electron chi connectivity index (χ0n) is 9.70. The first kappa shape index (κ1) is 12.5. The van der Waals surface area contributed by atoms with Crippen LogP contribution in [-0.2, 0) is 9.47 Å². The minimum atomic E-state index is 0.393. The molecule has 0 aromatic carbocycles. The zero-order valence-corrected chi connectivity index (χ0v) is 9.70. The molecule has 0 saturated carbocycles. The van der Waals surface area contributed by atoms with Crippen molar-refractivity contribution in [1.82, 2.24) is 9.97 Å². The van der Waals surface area contributed by atoms with Crippen molar-refractivity contribution in [3.63, 3.8) is 0 Å². The van der Waals surface area contributed by atoms with Crippen molar-refractivity contribution >= 4 is 17.6 Å². The average molecular weight is 227 g/mol. The molecule has 0 aliphatic rings. The number of methoxy groups -OCH3 is 2. The predicted octanol–water partition coefficient (Wildman–Crippen LogP) is 0.550. The highest BCUT2D eigenvalue weighted by Gasteiger charge is 2.02. The summed E-state index contributed by atoms with van der Waals surface area (Å²) in [5.41, 5.74) is 0. The fraction of sp³-hybridized carbons (Fsp3) is 0.556. The lowest BCUT2D eigenvalue weighted by molar-refractivity contribution is 0.220. The molecule has 1 heterocycles. The van der Waals surface area contributed by atoms with E-state index in [1.165, 1.54) is 0 Å². The Bertz CT molecular complexity index is 295. The van der Waals surface area contributed by atoms with Crippen LogP contribution in [0.15, 0.2) is 6.07 Å². The Hall–Kier alpha value is -1.60. The third-order valence-corrected chi connectivity index (χ3v) is 1.75. The van der Waals surface area contributed by atoms with Gasteiger partial charge in [-0.15, -0.1) is 0 Å². The summed E-state index contributed by atoms with van der Waals surface area (Å²) in [6.45, 7) is 0.785. The number of rotatable bonds is 7. The molecular formula is C9H17N5O2. The predicted molar refractivity (Wildman–Crippen MR) is 62.6 cm³/mol. The van der Waals surface area contributed by atoms with Crippen molar-refractivity contribution < 1.29 is 9.47 Å². The van der Waals surface area contributed by atoms with Crippen molar-refractivity contribution in [2.24, 2.45) is 0 Å². The second-order valence-corrected chi connectivity index (χ2v) is 2.93. The number of anilines is 3. The van der Waals surface area contributed by atoms with Gasteiger partial charge in [0.2, 0.25) is 5.95 Å². The van der Waals surface area contributed by atoms with Gasteiger partial charge < -0.3 is 25.4 Å². The van der Waals surface area contributed by atoms with Gasteiger partial charge in [-0.2, -0.15) is 9.97 Å². The summed E-state index contributed by atoms with van der Waals surface area (Å²) >= 11 is 0. The fourth-order valence-electron chi connectivity index (χ4n) is 1.03. The van der Waals surface area contributed by atoms with Crippen LogP contribution in [0.1, 0.15) is 0 Å². The highest BCUT2D eigenvalue weighted by molar-refractivity contribution is 5.51. The maximum Gasteiger partial charge on any atom is 0.226 e. The number of hydrogen-bond donors (Lipinski definition) is 3. The van der Waals surface area contributed by atoms with Gasteiger partial charge in [0.25, 0.3) is 0 Å². The number of aromatic nitrogens is 2. The number of hydrogen-bond acceptors (Lipinski definition) is 7. The molecule has 0 amide bonds. The summed E-state index contributed by atoms with van der Waals surface area (Å²) in [6, 6.07) is 1.78. The van der Waals surface area contributed by atoms with Crippen LogP contribution >= 0.6 is 0 Å². The molecule has 0 aliphatic carbocycles. The molecular weight excluding hydrogens is 210 g/mol. The van der Waals surface area contributed by atoms with Crippen molar-refractivity contribution in [2.45, 2.75) is 0 Å². The Morgan fingerprint density at radius 1 is 1.06 bits per heavy atom. The molecule has 1 rings (SSSR count). The highest BCUT2D eigenvalue weighted by Crippen LogP contribution is 2.13. The molecule has 0 saturated heterocycles. The first-order valence-corrected chi connectivity index (χ1v) is 4.82. The van der Waals surface area contributed by atoms with Crippen LogP contribution in [0.5, 0.6) is 0 Å². The van der Waals surface area contributed by atoms with E-state index in [9.17, 15) is 0 Å². The summed E-state index contributed by atoms with van der Waals surface area (Å²) < 4.78 is 9.81. The lowest BCUT2D eigenvalue weighted by Crippen LogP contribution is -2.10. The van der Waals surface area contributed by atoms with Crippen LogP contribution in [0.25, 0.3) is 0 Å². The van der Waals surface area contributed by atoms with Gasteiger partial charge in [0.05, 0.1) is 0 Å². The first-order valence-electron chi connectivity index (χ1n) is 4.82. The third kappa shape index (κ3) is 3.87. The van der Waals surface area contributed by atoms with E-state index in [0.29, 0.717) is 31.0 Å². The number of nitrogens with one attached hydrogen (secondary N) is 3. The second-order valence-electron chi connectivity index (χ2n) is 2.93. The van der Waals surface area contributed by atoms with Gasteiger partial charge in [-0.05, 0) is 0 Å². The van der Waals surface area contributed by atoms with Gasteiger partial charge in [-0.25, -0.2) is 0 Å². The Morgan fingerprint density at radius 3 is 1.94 bits per heavy atom. The van der Waals surface area contributed by atoms with Gasteiger partial charge >= 0.3 is 0 Å². The molecule has 0 aliphatic heterocycles. The largest absolute Gasteiger partial charge is 0.365 e. The summed E-state index contributed by atoms with van der Waals surface area (Å²) in [6.07, 6.45) is 0. The van der Waals surface area contributed by atoms with Crippen LogP contribution in [0.3, 0.4) is 0 Å². The molecule has 0 unspecified atom stereocenters. The molecule has 0 fully saturated rings. The van der Waals surface area contributed by atoms with E-state index >= 15 is 0 Å². The van der Waals surface area contributed by atoms with E-state index in [0.717, 1.165) is 0 Å². The SMILES string of the molecule is CNc1nc(NCOC)cc(NCOC)n1. The van der Waals surface area contributed by atoms with Crippen LogP contribution in [-0.4, -0.2) is 44.7 Å². The van der Waals surface area contributed by atoms with Crippen molar-refractivity contribution in [1.29, 1.82) is 0 Å². The van der Waals surface area contributed by atoms with E-state index < -0.39 is 0 Å². The monoisotopic (exact) mass is 227 g/mol. The molecule has 7 nitrogen and oxygen atoms in total. The second kappa shape index (κ2) is 6.81. The van der Waals surface area contributed by atoms with E-state index in [1.54, 1.807) is 27.3 Å².